The number of hydrogen-bond donors (Lipinski definition) is 1. The Morgan fingerprint density at radius 3 is 2.50 bits per heavy atom. The normalized spacial score (nSPS) is 38.1. The van der Waals surface area contributed by atoms with E-state index in [1.807, 2.05) is 0 Å². The molecule has 0 aromatic rings. The molecule has 2 saturated heterocycles. The van der Waals surface area contributed by atoms with Crippen LogP contribution < -0.4 is 5.32 Å². The number of imide groups is 1. The number of amides is 2. The van der Waals surface area contributed by atoms with Gasteiger partial charge in [0.15, 0.2) is 0 Å². The number of carbonyl (C=O) groups is 2. The van der Waals surface area contributed by atoms with E-state index >= 15 is 0 Å². The highest BCUT2D eigenvalue weighted by Crippen LogP contribution is 2.42. The summed E-state index contributed by atoms with van der Waals surface area (Å²) in [6.07, 6.45) is 6.29. The van der Waals surface area contributed by atoms with Crippen molar-refractivity contribution in [3.05, 3.63) is 0 Å². The zero-order valence-electron chi connectivity index (χ0n) is 10.7. The van der Waals surface area contributed by atoms with Crippen LogP contribution in [0.3, 0.4) is 0 Å². The molecule has 2 aliphatic heterocycles. The van der Waals surface area contributed by atoms with Crippen LogP contribution >= 0.6 is 0 Å². The van der Waals surface area contributed by atoms with Crippen molar-refractivity contribution >= 4 is 11.8 Å². The van der Waals surface area contributed by atoms with E-state index in [1.54, 1.807) is 0 Å². The van der Waals surface area contributed by atoms with Gasteiger partial charge < -0.3 is 4.74 Å². The van der Waals surface area contributed by atoms with Crippen LogP contribution in [-0.2, 0) is 14.3 Å². The van der Waals surface area contributed by atoms with Crippen LogP contribution in [0.2, 0.25) is 0 Å². The van der Waals surface area contributed by atoms with Gasteiger partial charge in [0.05, 0.1) is 0 Å². The van der Waals surface area contributed by atoms with Crippen LogP contribution in [0.15, 0.2) is 0 Å². The molecule has 3 atom stereocenters. The van der Waals surface area contributed by atoms with E-state index in [9.17, 15) is 9.59 Å². The standard InChI is InChI=1S/C14H21NO3/c16-12-7-11(10-5-6-18-8-10)13(14(17)15-12)9-3-1-2-4-9/h9-11,13H,1-8H2,(H,15,16,17). The van der Waals surface area contributed by atoms with Gasteiger partial charge in [-0.05, 0) is 37.0 Å². The summed E-state index contributed by atoms with van der Waals surface area (Å²) >= 11 is 0. The van der Waals surface area contributed by atoms with E-state index in [0.717, 1.165) is 32.5 Å². The van der Waals surface area contributed by atoms with Gasteiger partial charge in [-0.3, -0.25) is 14.9 Å². The molecule has 2 heterocycles. The van der Waals surface area contributed by atoms with Gasteiger partial charge >= 0.3 is 0 Å². The lowest BCUT2D eigenvalue weighted by Crippen LogP contribution is -2.50. The Balaban J connectivity index is 1.80. The zero-order valence-corrected chi connectivity index (χ0v) is 10.7. The van der Waals surface area contributed by atoms with Gasteiger partial charge in [-0.25, -0.2) is 0 Å². The van der Waals surface area contributed by atoms with Crippen molar-refractivity contribution in [2.45, 2.75) is 38.5 Å². The monoisotopic (exact) mass is 251 g/mol. The number of nitrogens with one attached hydrogen (secondary N) is 1. The minimum atomic E-state index is -0.0915. The molecule has 0 radical (unpaired) electrons. The van der Waals surface area contributed by atoms with Crippen molar-refractivity contribution in [3.8, 4) is 0 Å². The molecule has 3 aliphatic rings. The molecule has 0 spiro atoms. The van der Waals surface area contributed by atoms with E-state index < -0.39 is 0 Å². The maximum absolute atomic E-state index is 12.2. The van der Waals surface area contributed by atoms with Crippen molar-refractivity contribution in [2.75, 3.05) is 13.2 Å². The molecule has 18 heavy (non-hydrogen) atoms. The second kappa shape index (κ2) is 5.00. The minimum absolute atomic E-state index is 0.0185. The van der Waals surface area contributed by atoms with Crippen molar-refractivity contribution in [1.82, 2.24) is 5.32 Å². The number of ether oxygens (including phenoxy) is 1. The third-order valence-corrected chi connectivity index (χ3v) is 4.93. The summed E-state index contributed by atoms with van der Waals surface area (Å²) < 4.78 is 5.45. The average Bonchev–Trinajstić information content (AvgIpc) is 3.01. The van der Waals surface area contributed by atoms with Gasteiger partial charge in [-0.2, -0.15) is 0 Å². The second-order valence-corrected chi connectivity index (χ2v) is 5.97. The van der Waals surface area contributed by atoms with Crippen LogP contribution in [0, 0.1) is 23.7 Å². The van der Waals surface area contributed by atoms with Crippen molar-refractivity contribution in [2.24, 2.45) is 23.7 Å². The third kappa shape index (κ3) is 2.18. The lowest BCUT2D eigenvalue weighted by atomic mass is 9.70. The van der Waals surface area contributed by atoms with Crippen LogP contribution in [-0.4, -0.2) is 25.0 Å². The predicted molar refractivity (Wildman–Crippen MR) is 65.6 cm³/mol. The second-order valence-electron chi connectivity index (χ2n) is 5.97. The molecule has 1 aliphatic carbocycles. The van der Waals surface area contributed by atoms with E-state index in [0.29, 0.717) is 18.3 Å². The molecule has 4 nitrogen and oxygen atoms in total. The summed E-state index contributed by atoms with van der Waals surface area (Å²) in [5, 5.41) is 2.54. The van der Waals surface area contributed by atoms with Crippen molar-refractivity contribution in [1.29, 1.82) is 0 Å². The van der Waals surface area contributed by atoms with Gasteiger partial charge in [0.1, 0.15) is 0 Å². The summed E-state index contributed by atoms with van der Waals surface area (Å²) in [6.45, 7) is 1.52. The molecule has 0 aromatic carbocycles. The van der Waals surface area contributed by atoms with E-state index in [4.69, 9.17) is 4.74 Å². The Hall–Kier alpha value is -0.900. The van der Waals surface area contributed by atoms with Gasteiger partial charge in [0.2, 0.25) is 11.8 Å². The molecule has 1 saturated carbocycles. The van der Waals surface area contributed by atoms with Crippen LogP contribution in [0.1, 0.15) is 38.5 Å². The Morgan fingerprint density at radius 1 is 1.06 bits per heavy atom. The topological polar surface area (TPSA) is 55.4 Å². The van der Waals surface area contributed by atoms with Crippen LogP contribution in [0.25, 0.3) is 0 Å². The van der Waals surface area contributed by atoms with E-state index in [-0.39, 0.29) is 23.7 Å². The summed E-state index contributed by atoms with van der Waals surface area (Å²) in [6, 6.07) is 0. The fourth-order valence-corrected chi connectivity index (χ4v) is 4.04. The van der Waals surface area contributed by atoms with Gasteiger partial charge in [-0.1, -0.05) is 12.8 Å². The Bertz CT molecular complexity index is 343. The molecule has 3 rings (SSSR count). The highest BCUT2D eigenvalue weighted by atomic mass is 16.5. The Kier molecular flexibility index (Phi) is 3.37. The first-order valence-electron chi connectivity index (χ1n) is 7.17. The van der Waals surface area contributed by atoms with E-state index in [2.05, 4.69) is 5.32 Å². The zero-order chi connectivity index (χ0) is 12.5. The molecule has 100 valence electrons. The third-order valence-electron chi connectivity index (χ3n) is 4.93. The molecule has 0 bridgehead atoms. The molecule has 2 amide bonds. The first-order chi connectivity index (χ1) is 8.75. The Labute approximate surface area is 107 Å². The van der Waals surface area contributed by atoms with Gasteiger partial charge in [-0.15, -0.1) is 0 Å². The molecule has 4 heteroatoms. The summed E-state index contributed by atoms with van der Waals surface area (Å²) in [5.41, 5.74) is 0. The predicted octanol–water partition coefficient (Wildman–Crippen LogP) is 1.49. The highest BCUT2D eigenvalue weighted by Gasteiger charge is 2.45. The number of piperidine rings is 1. The molecule has 3 unspecified atom stereocenters. The molecule has 3 fully saturated rings. The number of rotatable bonds is 2. The first-order valence-corrected chi connectivity index (χ1v) is 7.17. The fourth-order valence-electron chi connectivity index (χ4n) is 4.04. The fraction of sp³-hybridized carbons (Fsp3) is 0.857. The molecular formula is C14H21NO3. The van der Waals surface area contributed by atoms with Crippen molar-refractivity contribution in [3.63, 3.8) is 0 Å². The number of hydrogen-bond acceptors (Lipinski definition) is 3. The minimum Gasteiger partial charge on any atom is -0.381 e. The molecule has 0 aromatic heterocycles. The van der Waals surface area contributed by atoms with Gasteiger partial charge in [0.25, 0.3) is 0 Å². The maximum Gasteiger partial charge on any atom is 0.230 e. The van der Waals surface area contributed by atoms with Crippen molar-refractivity contribution < 1.29 is 14.3 Å². The summed E-state index contributed by atoms with van der Waals surface area (Å²) in [4.78, 5) is 23.8. The average molecular weight is 251 g/mol. The molecular weight excluding hydrogens is 230 g/mol. The smallest absolute Gasteiger partial charge is 0.230 e. The summed E-state index contributed by atoms with van der Waals surface area (Å²) in [5.74, 6) is 1.06. The lowest BCUT2D eigenvalue weighted by molar-refractivity contribution is -0.142. The largest absolute Gasteiger partial charge is 0.381 e. The van der Waals surface area contributed by atoms with Gasteiger partial charge in [0, 0.05) is 25.6 Å². The summed E-state index contributed by atoms with van der Waals surface area (Å²) in [7, 11) is 0. The van der Waals surface area contributed by atoms with Crippen LogP contribution in [0.5, 0.6) is 0 Å². The lowest BCUT2D eigenvalue weighted by Gasteiger charge is -2.36. The quantitative estimate of drug-likeness (QED) is 0.757. The number of carbonyl (C=O) groups excluding carboxylic acids is 2. The molecule has 1 N–H and O–H groups in total. The Morgan fingerprint density at radius 2 is 1.83 bits per heavy atom. The van der Waals surface area contributed by atoms with E-state index in [1.165, 1.54) is 12.8 Å². The SMILES string of the molecule is O=C1CC(C2CCOC2)C(C2CCCC2)C(=O)N1. The highest BCUT2D eigenvalue weighted by molar-refractivity contribution is 5.99. The van der Waals surface area contributed by atoms with Crippen LogP contribution in [0.4, 0.5) is 0 Å². The maximum atomic E-state index is 12.2. The first kappa shape index (κ1) is 12.2.